The number of hydrogen-bond acceptors (Lipinski definition) is 5. The van der Waals surface area contributed by atoms with Gasteiger partial charge in [0.15, 0.2) is 6.61 Å². The van der Waals surface area contributed by atoms with E-state index in [1.54, 1.807) is 24.3 Å². The van der Waals surface area contributed by atoms with Gasteiger partial charge in [0.1, 0.15) is 17.5 Å². The summed E-state index contributed by atoms with van der Waals surface area (Å²) in [7, 11) is 1.50. The van der Waals surface area contributed by atoms with Crippen molar-refractivity contribution in [2.24, 2.45) is 0 Å². The summed E-state index contributed by atoms with van der Waals surface area (Å²) in [5.41, 5.74) is 0. The molecule has 0 radical (unpaired) electrons. The monoisotopic (exact) mass is 361 g/mol. The number of piperazine rings is 1. The van der Waals surface area contributed by atoms with E-state index >= 15 is 0 Å². The van der Waals surface area contributed by atoms with Crippen LogP contribution in [0, 0.1) is 0 Å². The van der Waals surface area contributed by atoms with E-state index in [0.29, 0.717) is 37.7 Å². The minimum absolute atomic E-state index is 0.292. The minimum atomic E-state index is -4.40. The zero-order valence-electron chi connectivity index (χ0n) is 13.9. The molecule has 0 saturated carbocycles. The van der Waals surface area contributed by atoms with E-state index in [1.165, 1.54) is 12.0 Å². The molecular formula is C16H22F3N3O3. The van der Waals surface area contributed by atoms with Crippen LogP contribution in [0.3, 0.4) is 0 Å². The SMILES string of the molecule is COc1cccc(OCC(=O)NCC(N2CCNCC2)C(F)(F)F)c1. The molecule has 1 amide bonds. The Morgan fingerprint density at radius 3 is 2.64 bits per heavy atom. The van der Waals surface area contributed by atoms with Gasteiger partial charge in [-0.25, -0.2) is 0 Å². The first-order chi connectivity index (χ1) is 11.9. The van der Waals surface area contributed by atoms with Gasteiger partial charge in [-0.3, -0.25) is 9.69 Å². The Labute approximate surface area is 144 Å². The van der Waals surface area contributed by atoms with Crippen LogP contribution in [0.25, 0.3) is 0 Å². The van der Waals surface area contributed by atoms with E-state index in [1.807, 2.05) is 0 Å². The second kappa shape index (κ2) is 8.91. The lowest BCUT2D eigenvalue weighted by atomic mass is 10.2. The number of carbonyl (C=O) groups excluding carboxylic acids is 1. The number of ether oxygens (including phenoxy) is 2. The van der Waals surface area contributed by atoms with Crippen LogP contribution in [0.4, 0.5) is 13.2 Å². The van der Waals surface area contributed by atoms with Gasteiger partial charge in [0.05, 0.1) is 7.11 Å². The van der Waals surface area contributed by atoms with Crippen molar-refractivity contribution in [2.75, 3.05) is 46.4 Å². The molecule has 6 nitrogen and oxygen atoms in total. The minimum Gasteiger partial charge on any atom is -0.497 e. The predicted octanol–water partition coefficient (Wildman–Crippen LogP) is 1.03. The van der Waals surface area contributed by atoms with Crippen molar-refractivity contribution in [3.05, 3.63) is 24.3 Å². The third-order valence-corrected chi connectivity index (χ3v) is 3.87. The van der Waals surface area contributed by atoms with Gasteiger partial charge in [-0.2, -0.15) is 13.2 Å². The second-order valence-electron chi connectivity index (χ2n) is 5.62. The van der Waals surface area contributed by atoms with Crippen molar-refractivity contribution in [1.29, 1.82) is 0 Å². The highest BCUT2D eigenvalue weighted by Gasteiger charge is 2.43. The van der Waals surface area contributed by atoms with Crippen molar-refractivity contribution < 1.29 is 27.4 Å². The molecule has 1 aliphatic rings. The summed E-state index contributed by atoms with van der Waals surface area (Å²) in [4.78, 5) is 13.2. The maximum Gasteiger partial charge on any atom is 0.405 e. The van der Waals surface area contributed by atoms with Crippen LogP contribution in [0.15, 0.2) is 24.3 Å². The van der Waals surface area contributed by atoms with Crippen LogP contribution < -0.4 is 20.1 Å². The molecule has 0 spiro atoms. The van der Waals surface area contributed by atoms with Gasteiger partial charge in [-0.05, 0) is 12.1 Å². The molecule has 140 valence electrons. The zero-order chi connectivity index (χ0) is 18.3. The summed E-state index contributed by atoms with van der Waals surface area (Å²) in [5.74, 6) is 0.366. The number of alkyl halides is 3. The molecule has 1 fully saturated rings. The number of carbonyl (C=O) groups is 1. The van der Waals surface area contributed by atoms with Crippen molar-refractivity contribution in [1.82, 2.24) is 15.5 Å². The zero-order valence-corrected chi connectivity index (χ0v) is 13.9. The molecule has 2 N–H and O–H groups in total. The topological polar surface area (TPSA) is 62.8 Å². The van der Waals surface area contributed by atoms with E-state index in [9.17, 15) is 18.0 Å². The van der Waals surface area contributed by atoms with Gasteiger partial charge in [0, 0.05) is 38.8 Å². The number of nitrogens with one attached hydrogen (secondary N) is 2. The van der Waals surface area contributed by atoms with E-state index < -0.39 is 24.7 Å². The van der Waals surface area contributed by atoms with Gasteiger partial charge in [-0.15, -0.1) is 0 Å². The molecule has 25 heavy (non-hydrogen) atoms. The van der Waals surface area contributed by atoms with Gasteiger partial charge in [0.25, 0.3) is 5.91 Å². The number of halogens is 3. The van der Waals surface area contributed by atoms with Crippen LogP contribution in [0.1, 0.15) is 0 Å². The van der Waals surface area contributed by atoms with Crippen LogP contribution in [0.2, 0.25) is 0 Å². The molecule has 1 atom stereocenters. The maximum atomic E-state index is 13.2. The molecule has 1 saturated heterocycles. The quantitative estimate of drug-likeness (QED) is 0.760. The number of methoxy groups -OCH3 is 1. The molecular weight excluding hydrogens is 339 g/mol. The lowest BCUT2D eigenvalue weighted by Crippen LogP contribution is -2.57. The summed E-state index contributed by atoms with van der Waals surface area (Å²) in [6, 6.07) is 4.93. The molecule has 1 heterocycles. The van der Waals surface area contributed by atoms with Crippen LogP contribution in [-0.4, -0.2) is 69.5 Å². The van der Waals surface area contributed by atoms with Crippen LogP contribution in [-0.2, 0) is 4.79 Å². The lowest BCUT2D eigenvalue weighted by Gasteiger charge is -2.35. The first-order valence-electron chi connectivity index (χ1n) is 7.95. The van der Waals surface area contributed by atoms with E-state index in [4.69, 9.17) is 9.47 Å². The summed E-state index contributed by atoms with van der Waals surface area (Å²) < 4.78 is 50.0. The van der Waals surface area contributed by atoms with Crippen LogP contribution in [0.5, 0.6) is 11.5 Å². The Morgan fingerprint density at radius 2 is 2.00 bits per heavy atom. The highest BCUT2D eigenvalue weighted by atomic mass is 19.4. The number of hydrogen-bond donors (Lipinski definition) is 2. The average molecular weight is 361 g/mol. The normalized spacial score (nSPS) is 17.0. The van der Waals surface area contributed by atoms with E-state index in [0.717, 1.165) is 0 Å². The fourth-order valence-electron chi connectivity index (χ4n) is 2.55. The Bertz CT molecular complexity index is 563. The summed E-state index contributed by atoms with van der Waals surface area (Å²) in [6.07, 6.45) is -4.40. The van der Waals surface area contributed by atoms with Crippen molar-refractivity contribution in [3.8, 4) is 11.5 Å². The molecule has 0 aliphatic carbocycles. The summed E-state index contributed by atoms with van der Waals surface area (Å²) in [5, 5.41) is 5.32. The largest absolute Gasteiger partial charge is 0.497 e. The Balaban J connectivity index is 1.83. The Kier molecular flexibility index (Phi) is 6.89. The standard InChI is InChI=1S/C16H22F3N3O3/c1-24-12-3-2-4-13(9-12)25-11-15(23)21-10-14(16(17,18)19)22-7-5-20-6-8-22/h2-4,9,14,20H,5-8,10-11H2,1H3,(H,21,23). The number of nitrogens with zero attached hydrogens (tertiary/aromatic N) is 1. The van der Waals surface area contributed by atoms with Crippen molar-refractivity contribution >= 4 is 5.91 Å². The van der Waals surface area contributed by atoms with E-state index in [2.05, 4.69) is 10.6 Å². The van der Waals surface area contributed by atoms with Crippen molar-refractivity contribution in [2.45, 2.75) is 12.2 Å². The third-order valence-electron chi connectivity index (χ3n) is 3.87. The fraction of sp³-hybridized carbons (Fsp3) is 0.562. The predicted molar refractivity (Wildman–Crippen MR) is 85.8 cm³/mol. The molecule has 1 unspecified atom stereocenters. The molecule has 0 bridgehead atoms. The molecule has 2 rings (SSSR count). The summed E-state index contributed by atoms with van der Waals surface area (Å²) >= 11 is 0. The maximum absolute atomic E-state index is 13.2. The van der Waals surface area contributed by atoms with Crippen LogP contribution >= 0.6 is 0 Å². The summed E-state index contributed by atoms with van der Waals surface area (Å²) in [6.45, 7) is 0.725. The molecule has 1 aromatic rings. The lowest BCUT2D eigenvalue weighted by molar-refractivity contribution is -0.184. The number of amides is 1. The van der Waals surface area contributed by atoms with Gasteiger partial charge >= 0.3 is 6.18 Å². The molecule has 0 aromatic heterocycles. The number of rotatable bonds is 7. The van der Waals surface area contributed by atoms with Gasteiger partial charge < -0.3 is 20.1 Å². The smallest absolute Gasteiger partial charge is 0.405 e. The average Bonchev–Trinajstić information content (AvgIpc) is 2.60. The first kappa shape index (κ1) is 19.3. The fourth-order valence-corrected chi connectivity index (χ4v) is 2.55. The first-order valence-corrected chi connectivity index (χ1v) is 7.95. The highest BCUT2D eigenvalue weighted by Crippen LogP contribution is 2.24. The molecule has 1 aromatic carbocycles. The van der Waals surface area contributed by atoms with Gasteiger partial charge in [0.2, 0.25) is 0 Å². The Morgan fingerprint density at radius 1 is 1.32 bits per heavy atom. The van der Waals surface area contributed by atoms with Gasteiger partial charge in [-0.1, -0.05) is 6.07 Å². The molecule has 9 heteroatoms. The molecule has 1 aliphatic heterocycles. The van der Waals surface area contributed by atoms with E-state index in [-0.39, 0.29) is 6.61 Å². The highest BCUT2D eigenvalue weighted by molar-refractivity contribution is 5.77. The van der Waals surface area contributed by atoms with Crippen molar-refractivity contribution in [3.63, 3.8) is 0 Å². The second-order valence-corrected chi connectivity index (χ2v) is 5.62. The Hall–Kier alpha value is -2.00. The number of benzene rings is 1. The third kappa shape index (κ3) is 6.09.